The topological polar surface area (TPSA) is 33.1 Å². The zero-order valence-electron chi connectivity index (χ0n) is 16.8. The quantitative estimate of drug-likeness (QED) is 0.461. The summed E-state index contributed by atoms with van der Waals surface area (Å²) in [6.45, 7) is 2.79. The maximum absolute atomic E-state index is 14.1. The third kappa shape index (κ3) is 4.84. The Bertz CT molecular complexity index is 1070. The highest BCUT2D eigenvalue weighted by molar-refractivity contribution is 5.81. The van der Waals surface area contributed by atoms with Gasteiger partial charge in [-0.3, -0.25) is 4.98 Å². The van der Waals surface area contributed by atoms with E-state index in [1.54, 1.807) is 24.3 Å². The van der Waals surface area contributed by atoms with Crippen LogP contribution in [0.4, 0.5) is 26.3 Å². The van der Waals surface area contributed by atoms with E-state index >= 15 is 0 Å². The van der Waals surface area contributed by atoms with Crippen LogP contribution in [0.15, 0.2) is 60.8 Å². The Balaban J connectivity index is 2.01. The molecule has 0 saturated carbocycles. The average molecular weight is 441 g/mol. The van der Waals surface area contributed by atoms with Crippen molar-refractivity contribution in [1.29, 1.82) is 0 Å². The van der Waals surface area contributed by atoms with Crippen molar-refractivity contribution in [3.05, 3.63) is 77.5 Å². The molecule has 1 atom stereocenters. The van der Waals surface area contributed by atoms with Crippen LogP contribution in [0.5, 0.6) is 0 Å². The van der Waals surface area contributed by atoms with Crippen LogP contribution < -0.4 is 0 Å². The van der Waals surface area contributed by atoms with E-state index in [0.717, 1.165) is 18.2 Å². The standard InChI is InChI=1S/C23H21F6NO/c1-20(2,16-6-5-7-17(12-16)22(24,25)26)14-21(31,23(27,28)29)13-15-10-11-30-19-9-4-3-8-18(15)19/h3-12,31H,13-14H2,1-2H3. The van der Waals surface area contributed by atoms with E-state index < -0.39 is 41.8 Å². The molecule has 0 amide bonds. The fraction of sp³-hybridized carbons (Fsp3) is 0.348. The molecule has 0 aliphatic carbocycles. The van der Waals surface area contributed by atoms with Crippen molar-refractivity contribution in [2.45, 2.75) is 50.1 Å². The van der Waals surface area contributed by atoms with Crippen molar-refractivity contribution >= 4 is 10.9 Å². The summed E-state index contributed by atoms with van der Waals surface area (Å²) in [6.07, 6.45) is -9.82. The lowest BCUT2D eigenvalue weighted by Crippen LogP contribution is -2.50. The number of alkyl halides is 6. The van der Waals surface area contributed by atoms with Gasteiger partial charge in [0.05, 0.1) is 11.1 Å². The summed E-state index contributed by atoms with van der Waals surface area (Å²) in [5.41, 5.74) is -4.70. The summed E-state index contributed by atoms with van der Waals surface area (Å²) in [4.78, 5) is 4.12. The van der Waals surface area contributed by atoms with E-state index in [1.165, 1.54) is 32.2 Å². The number of hydrogen-bond acceptors (Lipinski definition) is 2. The molecule has 0 spiro atoms. The first-order valence-corrected chi connectivity index (χ1v) is 9.52. The van der Waals surface area contributed by atoms with Crippen molar-refractivity contribution in [3.8, 4) is 0 Å². The largest absolute Gasteiger partial charge is 0.417 e. The van der Waals surface area contributed by atoms with Gasteiger partial charge in [-0.15, -0.1) is 0 Å². The van der Waals surface area contributed by atoms with E-state index in [9.17, 15) is 31.4 Å². The van der Waals surface area contributed by atoms with E-state index in [-0.39, 0.29) is 11.1 Å². The summed E-state index contributed by atoms with van der Waals surface area (Å²) < 4.78 is 81.4. The summed E-state index contributed by atoms with van der Waals surface area (Å²) in [5.74, 6) is 0. The number of halogens is 6. The first-order chi connectivity index (χ1) is 14.2. The smallest absolute Gasteiger partial charge is 0.380 e. The van der Waals surface area contributed by atoms with Crippen molar-refractivity contribution in [3.63, 3.8) is 0 Å². The molecule has 3 aromatic rings. The highest BCUT2D eigenvalue weighted by atomic mass is 19.4. The number of benzene rings is 2. The van der Waals surface area contributed by atoms with Gasteiger partial charge in [0.2, 0.25) is 0 Å². The molecule has 0 bridgehead atoms. The van der Waals surface area contributed by atoms with Gasteiger partial charge in [0.25, 0.3) is 0 Å². The Hall–Kier alpha value is -2.61. The molecule has 0 aliphatic rings. The molecular formula is C23H21F6NO. The molecule has 0 radical (unpaired) electrons. The molecular weight excluding hydrogens is 420 g/mol. The second kappa shape index (κ2) is 7.82. The van der Waals surface area contributed by atoms with Gasteiger partial charge in [0.1, 0.15) is 0 Å². The summed E-state index contributed by atoms with van der Waals surface area (Å²) in [5, 5.41) is 11.3. The Morgan fingerprint density at radius 2 is 1.48 bits per heavy atom. The van der Waals surface area contributed by atoms with E-state index in [2.05, 4.69) is 4.98 Å². The lowest BCUT2D eigenvalue weighted by molar-refractivity contribution is -0.266. The minimum absolute atomic E-state index is 0.0598. The highest BCUT2D eigenvalue weighted by Gasteiger charge is 2.56. The number of nitrogens with zero attached hydrogens (tertiary/aromatic N) is 1. The number of aromatic nitrogens is 1. The minimum atomic E-state index is -5.00. The molecule has 1 unspecified atom stereocenters. The summed E-state index contributed by atoms with van der Waals surface area (Å²) in [6, 6.07) is 12.2. The third-order valence-electron chi connectivity index (χ3n) is 5.46. The number of pyridine rings is 1. The van der Waals surface area contributed by atoms with Crippen molar-refractivity contribution in [1.82, 2.24) is 4.98 Å². The number of hydrogen-bond donors (Lipinski definition) is 1. The predicted octanol–water partition coefficient (Wildman–Crippen LogP) is 6.46. The average Bonchev–Trinajstić information content (AvgIpc) is 2.66. The zero-order chi connectivity index (χ0) is 23.1. The molecule has 8 heteroatoms. The monoisotopic (exact) mass is 441 g/mol. The van der Waals surface area contributed by atoms with E-state index in [4.69, 9.17) is 0 Å². The lowest BCUT2D eigenvalue weighted by Gasteiger charge is -2.38. The number of rotatable bonds is 5. The molecule has 166 valence electrons. The Labute approximate surface area is 175 Å². The summed E-state index contributed by atoms with van der Waals surface area (Å²) >= 11 is 0. The molecule has 3 rings (SSSR count). The second-order valence-corrected chi connectivity index (χ2v) is 8.33. The van der Waals surface area contributed by atoms with Gasteiger partial charge >= 0.3 is 12.4 Å². The zero-order valence-corrected chi connectivity index (χ0v) is 16.8. The predicted molar refractivity (Wildman–Crippen MR) is 106 cm³/mol. The molecule has 0 fully saturated rings. The van der Waals surface area contributed by atoms with Crippen LogP contribution in [0, 0.1) is 0 Å². The molecule has 1 heterocycles. The molecule has 0 aliphatic heterocycles. The number of para-hydroxylation sites is 1. The SMILES string of the molecule is CC(C)(CC(O)(Cc1ccnc2ccccc12)C(F)(F)F)c1cccc(C(F)(F)F)c1. The fourth-order valence-corrected chi connectivity index (χ4v) is 3.84. The maximum atomic E-state index is 14.1. The Morgan fingerprint density at radius 1 is 0.839 bits per heavy atom. The molecule has 31 heavy (non-hydrogen) atoms. The molecule has 0 saturated heterocycles. The van der Waals surface area contributed by atoms with Gasteiger partial charge in [0.15, 0.2) is 5.60 Å². The normalized spacial score (nSPS) is 15.1. The molecule has 2 nitrogen and oxygen atoms in total. The van der Waals surface area contributed by atoms with Gasteiger partial charge in [-0.25, -0.2) is 0 Å². The van der Waals surface area contributed by atoms with Gasteiger partial charge in [0, 0.05) is 18.0 Å². The maximum Gasteiger partial charge on any atom is 0.417 e. The fourth-order valence-electron chi connectivity index (χ4n) is 3.84. The van der Waals surface area contributed by atoms with Crippen molar-refractivity contribution < 1.29 is 31.4 Å². The Morgan fingerprint density at radius 3 is 2.13 bits per heavy atom. The number of aliphatic hydroxyl groups is 1. The van der Waals surface area contributed by atoms with Crippen LogP contribution >= 0.6 is 0 Å². The van der Waals surface area contributed by atoms with Crippen molar-refractivity contribution in [2.75, 3.05) is 0 Å². The Kier molecular flexibility index (Phi) is 5.82. The van der Waals surface area contributed by atoms with Crippen LogP contribution in [0.25, 0.3) is 10.9 Å². The lowest BCUT2D eigenvalue weighted by atomic mass is 9.72. The van der Waals surface area contributed by atoms with Gasteiger partial charge in [-0.2, -0.15) is 26.3 Å². The molecule has 1 N–H and O–H groups in total. The highest BCUT2D eigenvalue weighted by Crippen LogP contribution is 2.44. The first kappa shape index (κ1) is 23.1. The van der Waals surface area contributed by atoms with Crippen LogP contribution in [-0.4, -0.2) is 21.9 Å². The minimum Gasteiger partial charge on any atom is -0.380 e. The van der Waals surface area contributed by atoms with Gasteiger partial charge in [-0.1, -0.05) is 50.2 Å². The van der Waals surface area contributed by atoms with Crippen LogP contribution in [0.1, 0.15) is 37.0 Å². The van der Waals surface area contributed by atoms with E-state index in [1.807, 2.05) is 0 Å². The summed E-state index contributed by atoms with van der Waals surface area (Å²) in [7, 11) is 0. The van der Waals surface area contributed by atoms with Crippen LogP contribution in [0.3, 0.4) is 0 Å². The first-order valence-electron chi connectivity index (χ1n) is 9.52. The van der Waals surface area contributed by atoms with Crippen LogP contribution in [-0.2, 0) is 18.0 Å². The van der Waals surface area contributed by atoms with Crippen LogP contribution in [0.2, 0.25) is 0 Å². The second-order valence-electron chi connectivity index (χ2n) is 8.33. The molecule has 1 aromatic heterocycles. The van der Waals surface area contributed by atoms with Crippen molar-refractivity contribution in [2.24, 2.45) is 0 Å². The van der Waals surface area contributed by atoms with Gasteiger partial charge in [-0.05, 0) is 41.2 Å². The third-order valence-corrected chi connectivity index (χ3v) is 5.46. The van der Waals surface area contributed by atoms with E-state index in [0.29, 0.717) is 10.9 Å². The number of fused-ring (bicyclic) bond motifs is 1. The van der Waals surface area contributed by atoms with Gasteiger partial charge < -0.3 is 5.11 Å². The molecule has 2 aromatic carbocycles.